The third-order valence-electron chi connectivity index (χ3n) is 3.65. The molecule has 1 amide bonds. The second-order valence-corrected chi connectivity index (χ2v) is 4.95. The highest BCUT2D eigenvalue weighted by Crippen LogP contribution is 2.19. The molecule has 19 heavy (non-hydrogen) atoms. The van der Waals surface area contributed by atoms with E-state index in [-0.39, 0.29) is 24.3 Å². The summed E-state index contributed by atoms with van der Waals surface area (Å²) in [5.41, 5.74) is 0.638. The van der Waals surface area contributed by atoms with Crippen molar-refractivity contribution < 1.29 is 9.18 Å². The highest BCUT2D eigenvalue weighted by Gasteiger charge is 2.19. The molecule has 1 unspecified atom stereocenters. The van der Waals surface area contributed by atoms with Crippen molar-refractivity contribution in [3.8, 4) is 0 Å². The molecule has 1 saturated heterocycles. The van der Waals surface area contributed by atoms with Crippen molar-refractivity contribution in [1.82, 2.24) is 10.2 Å². The van der Waals surface area contributed by atoms with Crippen LogP contribution in [0, 0.1) is 5.82 Å². The lowest BCUT2D eigenvalue weighted by Crippen LogP contribution is -2.37. The SMILES string of the molecule is CCC(NCC(=O)N1CCCC1)c1ccccc1F. The van der Waals surface area contributed by atoms with Crippen LogP contribution in [0.2, 0.25) is 0 Å². The van der Waals surface area contributed by atoms with Crippen LogP contribution < -0.4 is 5.32 Å². The molecule has 0 aliphatic carbocycles. The first kappa shape index (κ1) is 14.0. The number of amides is 1. The zero-order chi connectivity index (χ0) is 13.7. The van der Waals surface area contributed by atoms with Crippen LogP contribution in [0.4, 0.5) is 4.39 Å². The van der Waals surface area contributed by atoms with Crippen LogP contribution in [0.5, 0.6) is 0 Å². The summed E-state index contributed by atoms with van der Waals surface area (Å²) in [5, 5.41) is 3.17. The van der Waals surface area contributed by atoms with Crippen LogP contribution in [0.15, 0.2) is 24.3 Å². The summed E-state index contributed by atoms with van der Waals surface area (Å²) in [6, 6.07) is 6.64. The molecular weight excluding hydrogens is 243 g/mol. The summed E-state index contributed by atoms with van der Waals surface area (Å²) in [6.07, 6.45) is 2.95. The fourth-order valence-corrected chi connectivity index (χ4v) is 2.52. The minimum absolute atomic E-state index is 0.104. The minimum atomic E-state index is -0.213. The molecule has 0 radical (unpaired) electrons. The quantitative estimate of drug-likeness (QED) is 0.886. The van der Waals surface area contributed by atoms with Gasteiger partial charge in [-0.05, 0) is 25.3 Å². The number of carbonyl (C=O) groups excluding carboxylic acids is 1. The molecule has 1 aromatic rings. The fraction of sp³-hybridized carbons (Fsp3) is 0.533. The van der Waals surface area contributed by atoms with Gasteiger partial charge in [-0.3, -0.25) is 4.79 Å². The second kappa shape index (κ2) is 6.66. The Hall–Kier alpha value is -1.42. The number of nitrogens with one attached hydrogen (secondary N) is 1. The monoisotopic (exact) mass is 264 g/mol. The number of nitrogens with zero attached hydrogens (tertiary/aromatic N) is 1. The molecule has 1 atom stereocenters. The van der Waals surface area contributed by atoms with E-state index in [1.54, 1.807) is 12.1 Å². The predicted molar refractivity (Wildman–Crippen MR) is 73.2 cm³/mol. The Kier molecular flexibility index (Phi) is 4.91. The molecule has 1 aliphatic heterocycles. The van der Waals surface area contributed by atoms with Crippen molar-refractivity contribution in [2.75, 3.05) is 19.6 Å². The van der Waals surface area contributed by atoms with Gasteiger partial charge in [-0.2, -0.15) is 0 Å². The first-order valence-electron chi connectivity index (χ1n) is 6.98. The number of benzene rings is 1. The summed E-state index contributed by atoms with van der Waals surface area (Å²) in [7, 11) is 0. The average molecular weight is 264 g/mol. The number of rotatable bonds is 5. The first-order valence-corrected chi connectivity index (χ1v) is 6.98. The lowest BCUT2D eigenvalue weighted by Gasteiger charge is -2.20. The molecule has 1 heterocycles. The number of hydrogen-bond donors (Lipinski definition) is 1. The molecule has 1 aliphatic rings. The fourth-order valence-electron chi connectivity index (χ4n) is 2.52. The van der Waals surface area contributed by atoms with Gasteiger partial charge >= 0.3 is 0 Å². The minimum Gasteiger partial charge on any atom is -0.342 e. The van der Waals surface area contributed by atoms with Gasteiger partial charge in [0.15, 0.2) is 0 Å². The van der Waals surface area contributed by atoms with Crippen molar-refractivity contribution in [2.45, 2.75) is 32.2 Å². The number of carbonyl (C=O) groups is 1. The van der Waals surface area contributed by atoms with Gasteiger partial charge in [0.2, 0.25) is 5.91 Å². The zero-order valence-electron chi connectivity index (χ0n) is 11.4. The molecule has 0 bridgehead atoms. The molecule has 3 nitrogen and oxygen atoms in total. The average Bonchev–Trinajstić information content (AvgIpc) is 2.95. The van der Waals surface area contributed by atoms with Crippen molar-refractivity contribution in [1.29, 1.82) is 0 Å². The molecule has 0 aromatic heterocycles. The Bertz CT molecular complexity index is 430. The van der Waals surface area contributed by atoms with Gasteiger partial charge in [-0.1, -0.05) is 25.1 Å². The predicted octanol–water partition coefficient (Wildman–Crippen LogP) is 2.49. The number of hydrogen-bond acceptors (Lipinski definition) is 2. The largest absolute Gasteiger partial charge is 0.342 e. The van der Waals surface area contributed by atoms with E-state index in [9.17, 15) is 9.18 Å². The van der Waals surface area contributed by atoms with E-state index >= 15 is 0 Å². The number of halogens is 1. The van der Waals surface area contributed by atoms with E-state index in [4.69, 9.17) is 0 Å². The van der Waals surface area contributed by atoms with Crippen LogP contribution >= 0.6 is 0 Å². The van der Waals surface area contributed by atoms with Gasteiger partial charge in [0, 0.05) is 24.7 Å². The van der Waals surface area contributed by atoms with Crippen LogP contribution in [0.25, 0.3) is 0 Å². The Balaban J connectivity index is 1.92. The molecule has 0 saturated carbocycles. The normalized spacial score (nSPS) is 16.6. The van der Waals surface area contributed by atoms with Crippen LogP contribution in [0.3, 0.4) is 0 Å². The number of likely N-dealkylation sites (tertiary alicyclic amines) is 1. The summed E-state index contributed by atoms with van der Waals surface area (Å²) < 4.78 is 13.7. The maximum atomic E-state index is 13.7. The maximum absolute atomic E-state index is 13.7. The molecule has 0 spiro atoms. The molecule has 4 heteroatoms. The Labute approximate surface area is 113 Å². The molecule has 1 fully saturated rings. The van der Waals surface area contributed by atoms with Crippen molar-refractivity contribution in [3.05, 3.63) is 35.6 Å². The van der Waals surface area contributed by atoms with E-state index in [2.05, 4.69) is 5.32 Å². The summed E-state index contributed by atoms with van der Waals surface area (Å²) in [6.45, 7) is 3.99. The molecule has 1 N–H and O–H groups in total. The van der Waals surface area contributed by atoms with Crippen molar-refractivity contribution in [2.24, 2.45) is 0 Å². The summed E-state index contributed by atoms with van der Waals surface area (Å²) >= 11 is 0. The summed E-state index contributed by atoms with van der Waals surface area (Å²) in [5.74, 6) is -0.0947. The molecule has 2 rings (SSSR count). The Morgan fingerprint density at radius 2 is 2.05 bits per heavy atom. The van der Waals surface area contributed by atoms with Gasteiger partial charge in [0.1, 0.15) is 5.82 Å². The van der Waals surface area contributed by atoms with Crippen LogP contribution in [-0.2, 0) is 4.79 Å². The van der Waals surface area contributed by atoms with Crippen molar-refractivity contribution >= 4 is 5.91 Å². The summed E-state index contributed by atoms with van der Waals surface area (Å²) in [4.78, 5) is 13.8. The molecular formula is C15H21FN2O. The zero-order valence-corrected chi connectivity index (χ0v) is 11.4. The Morgan fingerprint density at radius 1 is 1.37 bits per heavy atom. The third-order valence-corrected chi connectivity index (χ3v) is 3.65. The third kappa shape index (κ3) is 3.53. The van der Waals surface area contributed by atoms with Gasteiger partial charge in [0.25, 0.3) is 0 Å². The van der Waals surface area contributed by atoms with Crippen LogP contribution in [0.1, 0.15) is 37.8 Å². The second-order valence-electron chi connectivity index (χ2n) is 4.95. The van der Waals surface area contributed by atoms with Crippen LogP contribution in [-0.4, -0.2) is 30.4 Å². The van der Waals surface area contributed by atoms with E-state index in [1.807, 2.05) is 17.9 Å². The topological polar surface area (TPSA) is 32.3 Å². The molecule has 1 aromatic carbocycles. The molecule has 104 valence electrons. The lowest BCUT2D eigenvalue weighted by atomic mass is 10.0. The van der Waals surface area contributed by atoms with E-state index < -0.39 is 0 Å². The standard InChI is InChI=1S/C15H21FN2O/c1-2-14(12-7-3-4-8-13(12)16)17-11-15(19)18-9-5-6-10-18/h3-4,7-8,14,17H,2,5-6,9-11H2,1H3. The lowest BCUT2D eigenvalue weighted by molar-refractivity contribution is -0.129. The maximum Gasteiger partial charge on any atom is 0.236 e. The highest BCUT2D eigenvalue weighted by atomic mass is 19.1. The van der Waals surface area contributed by atoms with E-state index in [0.717, 1.165) is 32.4 Å². The smallest absolute Gasteiger partial charge is 0.236 e. The van der Waals surface area contributed by atoms with Crippen molar-refractivity contribution in [3.63, 3.8) is 0 Å². The highest BCUT2D eigenvalue weighted by molar-refractivity contribution is 5.78. The Morgan fingerprint density at radius 3 is 2.68 bits per heavy atom. The van der Waals surface area contributed by atoms with Gasteiger partial charge in [-0.25, -0.2) is 4.39 Å². The van der Waals surface area contributed by atoms with Gasteiger partial charge in [-0.15, -0.1) is 0 Å². The van der Waals surface area contributed by atoms with Gasteiger partial charge in [0.05, 0.1) is 6.54 Å². The van der Waals surface area contributed by atoms with Gasteiger partial charge < -0.3 is 10.2 Å². The van der Waals surface area contributed by atoms with E-state index in [1.165, 1.54) is 6.07 Å². The first-order chi connectivity index (χ1) is 9.22. The van der Waals surface area contributed by atoms with E-state index in [0.29, 0.717) is 5.56 Å².